The van der Waals surface area contributed by atoms with Crippen molar-refractivity contribution in [2.45, 2.75) is 0 Å². The van der Waals surface area contributed by atoms with Gasteiger partial charge in [-0.2, -0.15) is 0 Å². The van der Waals surface area contributed by atoms with Crippen molar-refractivity contribution in [1.29, 1.82) is 0 Å². The summed E-state index contributed by atoms with van der Waals surface area (Å²) in [5.74, 6) is 0.705. The van der Waals surface area contributed by atoms with E-state index in [2.05, 4.69) is 24.9 Å². The molecule has 0 spiro atoms. The van der Waals surface area contributed by atoms with Gasteiger partial charge in [0.15, 0.2) is 5.82 Å². The SMILES string of the molecule is C(=C\c1nnc[nH]1)/c1cnoc1. The van der Waals surface area contributed by atoms with Crippen LogP contribution in [0.4, 0.5) is 0 Å². The molecule has 2 aromatic heterocycles. The molecule has 0 aliphatic carbocycles. The number of aromatic amines is 1. The minimum atomic E-state index is 0.705. The fraction of sp³-hybridized carbons (Fsp3) is 0. The van der Waals surface area contributed by atoms with Crippen LogP contribution >= 0.6 is 0 Å². The predicted octanol–water partition coefficient (Wildman–Crippen LogP) is 0.963. The second-order valence-electron chi connectivity index (χ2n) is 2.17. The Morgan fingerprint density at radius 1 is 1.42 bits per heavy atom. The van der Waals surface area contributed by atoms with Gasteiger partial charge >= 0.3 is 0 Å². The van der Waals surface area contributed by atoms with Crippen molar-refractivity contribution in [3.05, 3.63) is 30.2 Å². The summed E-state index contributed by atoms with van der Waals surface area (Å²) in [5, 5.41) is 10.9. The molecule has 5 heteroatoms. The predicted molar refractivity (Wildman–Crippen MR) is 41.8 cm³/mol. The minimum absolute atomic E-state index is 0.705. The summed E-state index contributed by atoms with van der Waals surface area (Å²) in [4.78, 5) is 2.84. The quantitative estimate of drug-likeness (QED) is 0.714. The van der Waals surface area contributed by atoms with Gasteiger partial charge in [-0.3, -0.25) is 0 Å². The average molecular weight is 162 g/mol. The van der Waals surface area contributed by atoms with Crippen LogP contribution in [-0.4, -0.2) is 20.3 Å². The summed E-state index contributed by atoms with van der Waals surface area (Å²) in [7, 11) is 0. The molecule has 60 valence electrons. The summed E-state index contributed by atoms with van der Waals surface area (Å²) in [6, 6.07) is 0. The van der Waals surface area contributed by atoms with Crippen molar-refractivity contribution >= 4 is 12.2 Å². The minimum Gasteiger partial charge on any atom is -0.364 e. The van der Waals surface area contributed by atoms with Crippen LogP contribution in [0.15, 0.2) is 23.3 Å². The third-order valence-corrected chi connectivity index (χ3v) is 1.32. The largest absolute Gasteiger partial charge is 0.364 e. The lowest BCUT2D eigenvalue weighted by Crippen LogP contribution is -1.73. The number of hydrogen-bond donors (Lipinski definition) is 1. The molecule has 0 radical (unpaired) electrons. The maximum Gasteiger partial charge on any atom is 0.153 e. The van der Waals surface area contributed by atoms with Crippen molar-refractivity contribution in [3.8, 4) is 0 Å². The fourth-order valence-corrected chi connectivity index (χ4v) is 0.767. The molecule has 0 atom stereocenters. The first-order chi connectivity index (χ1) is 5.95. The summed E-state index contributed by atoms with van der Waals surface area (Å²) >= 11 is 0. The van der Waals surface area contributed by atoms with E-state index in [-0.39, 0.29) is 0 Å². The number of H-pyrrole nitrogens is 1. The molecule has 0 aromatic carbocycles. The summed E-state index contributed by atoms with van der Waals surface area (Å²) in [6.45, 7) is 0. The highest BCUT2D eigenvalue weighted by Gasteiger charge is 1.90. The Balaban J connectivity index is 2.14. The standard InChI is InChI=1S/C7H6N4O/c1(6-3-10-12-4-6)2-7-8-5-9-11-7/h1-5H,(H,8,9,11)/b2-1+. The molecule has 2 aromatic rings. The van der Waals surface area contributed by atoms with Gasteiger partial charge in [0.1, 0.15) is 12.6 Å². The van der Waals surface area contributed by atoms with Gasteiger partial charge in [-0.05, 0) is 12.2 Å². The molecule has 1 N–H and O–H groups in total. The van der Waals surface area contributed by atoms with Crippen LogP contribution in [0, 0.1) is 0 Å². The van der Waals surface area contributed by atoms with E-state index in [1.54, 1.807) is 18.5 Å². The molecule has 0 aliphatic rings. The van der Waals surface area contributed by atoms with Crippen molar-refractivity contribution in [1.82, 2.24) is 20.3 Å². The Labute approximate surface area is 68.1 Å². The van der Waals surface area contributed by atoms with E-state index in [9.17, 15) is 0 Å². The van der Waals surface area contributed by atoms with Crippen LogP contribution in [0.2, 0.25) is 0 Å². The third-order valence-electron chi connectivity index (χ3n) is 1.32. The van der Waals surface area contributed by atoms with Crippen LogP contribution in [0.3, 0.4) is 0 Å². The van der Waals surface area contributed by atoms with Gasteiger partial charge in [-0.25, -0.2) is 0 Å². The van der Waals surface area contributed by atoms with Crippen LogP contribution in [0.1, 0.15) is 11.4 Å². The zero-order valence-electron chi connectivity index (χ0n) is 6.14. The first-order valence-corrected chi connectivity index (χ1v) is 3.38. The lowest BCUT2D eigenvalue weighted by Gasteiger charge is -1.79. The first kappa shape index (κ1) is 6.78. The molecular formula is C7H6N4O. The van der Waals surface area contributed by atoms with E-state index in [0.29, 0.717) is 5.82 Å². The van der Waals surface area contributed by atoms with E-state index in [1.807, 2.05) is 6.08 Å². The highest BCUT2D eigenvalue weighted by Crippen LogP contribution is 2.01. The number of hydrogen-bond acceptors (Lipinski definition) is 4. The molecular weight excluding hydrogens is 156 g/mol. The second-order valence-corrected chi connectivity index (χ2v) is 2.17. The molecule has 0 aliphatic heterocycles. The molecule has 2 heterocycles. The number of nitrogens with zero attached hydrogens (tertiary/aromatic N) is 3. The number of nitrogens with one attached hydrogen (secondary N) is 1. The van der Waals surface area contributed by atoms with E-state index in [1.165, 1.54) is 6.33 Å². The molecule has 0 amide bonds. The Morgan fingerprint density at radius 2 is 2.42 bits per heavy atom. The second kappa shape index (κ2) is 3.00. The topological polar surface area (TPSA) is 67.6 Å². The zero-order valence-corrected chi connectivity index (χ0v) is 6.14. The van der Waals surface area contributed by atoms with Gasteiger partial charge in [0.2, 0.25) is 0 Å². The van der Waals surface area contributed by atoms with Gasteiger partial charge in [0.05, 0.1) is 6.20 Å². The maximum atomic E-state index is 4.64. The van der Waals surface area contributed by atoms with Crippen LogP contribution in [0.25, 0.3) is 12.2 Å². The van der Waals surface area contributed by atoms with Crippen molar-refractivity contribution < 1.29 is 4.52 Å². The molecule has 0 saturated carbocycles. The Bertz CT molecular complexity index is 312. The molecule has 0 saturated heterocycles. The maximum absolute atomic E-state index is 4.64. The normalized spacial score (nSPS) is 11.0. The summed E-state index contributed by atoms with van der Waals surface area (Å²) in [5.41, 5.74) is 0.895. The molecule has 0 fully saturated rings. The fourth-order valence-electron chi connectivity index (χ4n) is 0.767. The average Bonchev–Trinajstić information content (AvgIpc) is 2.74. The zero-order chi connectivity index (χ0) is 8.23. The van der Waals surface area contributed by atoms with E-state index in [4.69, 9.17) is 0 Å². The molecule has 0 unspecified atom stereocenters. The number of rotatable bonds is 2. The summed E-state index contributed by atoms with van der Waals surface area (Å²) in [6.07, 6.45) is 8.31. The van der Waals surface area contributed by atoms with E-state index < -0.39 is 0 Å². The monoisotopic (exact) mass is 162 g/mol. The van der Waals surface area contributed by atoms with Gasteiger partial charge < -0.3 is 9.51 Å². The van der Waals surface area contributed by atoms with Gasteiger partial charge in [0, 0.05) is 5.56 Å². The highest BCUT2D eigenvalue weighted by atomic mass is 16.5. The third kappa shape index (κ3) is 1.39. The summed E-state index contributed by atoms with van der Waals surface area (Å²) < 4.78 is 4.64. The first-order valence-electron chi connectivity index (χ1n) is 3.38. The Hall–Kier alpha value is -1.91. The lowest BCUT2D eigenvalue weighted by atomic mass is 10.3. The van der Waals surface area contributed by atoms with Gasteiger partial charge in [-0.15, -0.1) is 10.2 Å². The van der Waals surface area contributed by atoms with E-state index in [0.717, 1.165) is 5.56 Å². The molecule has 12 heavy (non-hydrogen) atoms. The van der Waals surface area contributed by atoms with Gasteiger partial charge in [-0.1, -0.05) is 5.16 Å². The van der Waals surface area contributed by atoms with Crippen molar-refractivity contribution in [3.63, 3.8) is 0 Å². The van der Waals surface area contributed by atoms with Crippen molar-refractivity contribution in [2.75, 3.05) is 0 Å². The molecule has 0 bridgehead atoms. The van der Waals surface area contributed by atoms with Crippen LogP contribution in [0.5, 0.6) is 0 Å². The Kier molecular flexibility index (Phi) is 1.69. The smallest absolute Gasteiger partial charge is 0.153 e. The van der Waals surface area contributed by atoms with Crippen molar-refractivity contribution in [2.24, 2.45) is 0 Å². The Morgan fingerprint density at radius 3 is 3.08 bits per heavy atom. The van der Waals surface area contributed by atoms with Gasteiger partial charge in [0.25, 0.3) is 0 Å². The van der Waals surface area contributed by atoms with Crippen LogP contribution in [-0.2, 0) is 0 Å². The highest BCUT2D eigenvalue weighted by molar-refractivity contribution is 5.65. The molecule has 5 nitrogen and oxygen atoms in total. The molecule has 2 rings (SSSR count). The number of aromatic nitrogens is 4. The van der Waals surface area contributed by atoms with E-state index >= 15 is 0 Å². The lowest BCUT2D eigenvalue weighted by molar-refractivity contribution is 0.419. The van der Waals surface area contributed by atoms with Crippen LogP contribution < -0.4 is 0 Å².